The molecule has 0 fully saturated rings. The number of benzene rings is 1. The Balaban J connectivity index is 2.76. The van der Waals surface area contributed by atoms with E-state index >= 15 is 0 Å². The van der Waals surface area contributed by atoms with Gasteiger partial charge in [0.05, 0.1) is 3.92 Å². The van der Waals surface area contributed by atoms with E-state index in [0.29, 0.717) is 5.92 Å². The summed E-state index contributed by atoms with van der Waals surface area (Å²) in [6.07, 6.45) is 1.08. The Morgan fingerprint density at radius 3 is 2.13 bits per heavy atom. The summed E-state index contributed by atoms with van der Waals surface area (Å²) < 4.78 is 0.0542. The lowest BCUT2D eigenvalue weighted by atomic mass is 10.0. The molecule has 0 heterocycles. The summed E-state index contributed by atoms with van der Waals surface area (Å²) in [5.41, 5.74) is 2.13. The molecule has 1 rings (SSSR count). The average Bonchev–Trinajstić information content (AvgIpc) is 2.17. The molecule has 1 aromatic rings. The lowest BCUT2D eigenvalue weighted by molar-refractivity contribution is 0.0998. The summed E-state index contributed by atoms with van der Waals surface area (Å²) in [4.78, 5) is 11.7. The molecule has 0 bridgehead atoms. The van der Waals surface area contributed by atoms with E-state index in [-0.39, 0.29) is 9.71 Å². The van der Waals surface area contributed by atoms with Crippen LogP contribution in [0.15, 0.2) is 24.3 Å². The zero-order chi connectivity index (χ0) is 11.4. The fourth-order valence-electron chi connectivity index (χ4n) is 1.51. The maximum atomic E-state index is 11.7. The molecule has 0 aliphatic heterocycles. The molecule has 0 radical (unpaired) electrons. The van der Waals surface area contributed by atoms with Crippen molar-refractivity contribution in [2.75, 3.05) is 0 Å². The smallest absolute Gasteiger partial charge is 0.175 e. The summed E-state index contributed by atoms with van der Waals surface area (Å²) in [5, 5.41) is 0. The molecule has 0 aliphatic carbocycles. The van der Waals surface area contributed by atoms with E-state index in [1.807, 2.05) is 19.1 Å². The topological polar surface area (TPSA) is 17.1 Å². The van der Waals surface area contributed by atoms with Crippen LogP contribution in [0.4, 0.5) is 0 Å². The van der Waals surface area contributed by atoms with Gasteiger partial charge in [-0.05, 0) is 24.8 Å². The number of carbonyl (C=O) groups excluding carboxylic acids is 1. The third-order valence-electron chi connectivity index (χ3n) is 2.24. The summed E-state index contributed by atoms with van der Waals surface area (Å²) in [6.45, 7) is 6.32. The van der Waals surface area contributed by atoms with E-state index in [0.717, 1.165) is 12.0 Å². The molecule has 1 nitrogen and oxygen atoms in total. The number of hydrogen-bond donors (Lipinski definition) is 0. The van der Waals surface area contributed by atoms with Crippen LogP contribution >= 0.6 is 22.6 Å². The predicted octanol–water partition coefficient (Wildman–Crippen LogP) is 3.89. The van der Waals surface area contributed by atoms with Crippen LogP contribution in [0.25, 0.3) is 0 Å². The van der Waals surface area contributed by atoms with Crippen LogP contribution in [0.2, 0.25) is 0 Å². The number of halogens is 1. The van der Waals surface area contributed by atoms with Gasteiger partial charge in [0, 0.05) is 5.56 Å². The van der Waals surface area contributed by atoms with Crippen LogP contribution in [0, 0.1) is 5.92 Å². The van der Waals surface area contributed by atoms with Crippen molar-refractivity contribution < 1.29 is 4.79 Å². The molecular weight excluding hydrogens is 299 g/mol. The number of rotatable bonds is 4. The Kier molecular flexibility index (Phi) is 4.77. The SMILES string of the molecule is CC(C)Cc1ccc(C(=O)C(C)I)cc1. The normalized spacial score (nSPS) is 12.9. The highest BCUT2D eigenvalue weighted by atomic mass is 127. The Morgan fingerprint density at radius 1 is 1.20 bits per heavy atom. The molecule has 0 saturated heterocycles. The number of alkyl halides is 1. The van der Waals surface area contributed by atoms with Crippen LogP contribution in [0.3, 0.4) is 0 Å². The molecule has 1 atom stereocenters. The first-order chi connectivity index (χ1) is 7.00. The van der Waals surface area contributed by atoms with Crippen molar-refractivity contribution >= 4 is 28.4 Å². The van der Waals surface area contributed by atoms with Gasteiger partial charge in [-0.1, -0.05) is 60.7 Å². The highest BCUT2D eigenvalue weighted by Crippen LogP contribution is 2.13. The van der Waals surface area contributed by atoms with Gasteiger partial charge >= 0.3 is 0 Å². The highest BCUT2D eigenvalue weighted by molar-refractivity contribution is 14.1. The van der Waals surface area contributed by atoms with Gasteiger partial charge in [0.2, 0.25) is 0 Å². The van der Waals surface area contributed by atoms with Gasteiger partial charge in [0.1, 0.15) is 0 Å². The van der Waals surface area contributed by atoms with E-state index < -0.39 is 0 Å². The highest BCUT2D eigenvalue weighted by Gasteiger charge is 2.11. The molecule has 1 aromatic carbocycles. The van der Waals surface area contributed by atoms with Crippen LogP contribution < -0.4 is 0 Å². The standard InChI is InChI=1S/C13H17IO/c1-9(2)8-11-4-6-12(7-5-11)13(15)10(3)14/h4-7,9-10H,8H2,1-3H3. The second-order valence-electron chi connectivity index (χ2n) is 4.28. The minimum Gasteiger partial charge on any atom is -0.293 e. The number of Topliss-reactive ketones (excluding diaryl/α,β-unsaturated/α-hetero) is 1. The van der Waals surface area contributed by atoms with Crippen molar-refractivity contribution in [2.24, 2.45) is 5.92 Å². The molecule has 0 N–H and O–H groups in total. The molecule has 1 unspecified atom stereocenters. The van der Waals surface area contributed by atoms with Crippen molar-refractivity contribution in [3.05, 3.63) is 35.4 Å². The van der Waals surface area contributed by atoms with E-state index in [2.05, 4.69) is 48.6 Å². The van der Waals surface area contributed by atoms with E-state index in [9.17, 15) is 4.79 Å². The summed E-state index contributed by atoms with van der Waals surface area (Å²) >= 11 is 2.15. The first-order valence-corrected chi connectivity index (χ1v) is 6.52. The van der Waals surface area contributed by atoms with Gasteiger partial charge < -0.3 is 0 Å². The van der Waals surface area contributed by atoms with Gasteiger partial charge in [-0.2, -0.15) is 0 Å². The maximum Gasteiger partial charge on any atom is 0.175 e. The molecule has 15 heavy (non-hydrogen) atoms. The van der Waals surface area contributed by atoms with Crippen molar-refractivity contribution in [3.63, 3.8) is 0 Å². The molecule has 0 amide bonds. The Morgan fingerprint density at radius 2 is 1.73 bits per heavy atom. The molecule has 0 spiro atoms. The van der Waals surface area contributed by atoms with Crippen LogP contribution in [0.5, 0.6) is 0 Å². The molecule has 0 aromatic heterocycles. The molecule has 2 heteroatoms. The van der Waals surface area contributed by atoms with Crippen molar-refractivity contribution in [3.8, 4) is 0 Å². The van der Waals surface area contributed by atoms with Gasteiger partial charge in [-0.15, -0.1) is 0 Å². The van der Waals surface area contributed by atoms with E-state index in [1.54, 1.807) is 0 Å². The Labute approximate surface area is 105 Å². The fraction of sp³-hybridized carbons (Fsp3) is 0.462. The maximum absolute atomic E-state index is 11.7. The fourth-order valence-corrected chi connectivity index (χ4v) is 1.87. The van der Waals surface area contributed by atoms with Crippen molar-refractivity contribution in [1.29, 1.82) is 0 Å². The number of hydrogen-bond acceptors (Lipinski definition) is 1. The molecule has 0 aliphatic rings. The molecule has 0 saturated carbocycles. The van der Waals surface area contributed by atoms with E-state index in [4.69, 9.17) is 0 Å². The largest absolute Gasteiger partial charge is 0.293 e. The van der Waals surface area contributed by atoms with Crippen LogP contribution in [-0.2, 0) is 6.42 Å². The Bertz CT molecular complexity index is 325. The van der Waals surface area contributed by atoms with Gasteiger partial charge in [0.25, 0.3) is 0 Å². The Hall–Kier alpha value is -0.380. The van der Waals surface area contributed by atoms with Gasteiger partial charge in [-0.25, -0.2) is 0 Å². The zero-order valence-electron chi connectivity index (χ0n) is 9.46. The lowest BCUT2D eigenvalue weighted by Crippen LogP contribution is -2.09. The van der Waals surface area contributed by atoms with Crippen LogP contribution in [0.1, 0.15) is 36.7 Å². The van der Waals surface area contributed by atoms with E-state index in [1.165, 1.54) is 5.56 Å². The average molecular weight is 316 g/mol. The number of carbonyl (C=O) groups is 1. The first-order valence-electron chi connectivity index (χ1n) is 5.28. The van der Waals surface area contributed by atoms with Crippen molar-refractivity contribution in [1.82, 2.24) is 0 Å². The zero-order valence-corrected chi connectivity index (χ0v) is 11.6. The minimum absolute atomic E-state index is 0.0542. The summed E-state index contributed by atoms with van der Waals surface area (Å²) in [5.74, 6) is 0.877. The third kappa shape index (κ3) is 3.93. The van der Waals surface area contributed by atoms with Gasteiger partial charge in [0.15, 0.2) is 5.78 Å². The van der Waals surface area contributed by atoms with Crippen molar-refractivity contribution in [2.45, 2.75) is 31.1 Å². The monoisotopic (exact) mass is 316 g/mol. The minimum atomic E-state index is 0.0542. The lowest BCUT2D eigenvalue weighted by Gasteiger charge is -2.06. The predicted molar refractivity (Wildman–Crippen MR) is 72.8 cm³/mol. The first kappa shape index (κ1) is 12.7. The number of ketones is 1. The molecule has 82 valence electrons. The summed E-state index contributed by atoms with van der Waals surface area (Å²) in [6, 6.07) is 8.00. The molecular formula is C13H17IO. The second kappa shape index (κ2) is 5.64. The van der Waals surface area contributed by atoms with Gasteiger partial charge in [-0.3, -0.25) is 4.79 Å². The second-order valence-corrected chi connectivity index (χ2v) is 6.14. The summed E-state index contributed by atoms with van der Waals surface area (Å²) in [7, 11) is 0. The third-order valence-corrected chi connectivity index (χ3v) is 2.81. The quantitative estimate of drug-likeness (QED) is 0.468. The van der Waals surface area contributed by atoms with Crippen LogP contribution in [-0.4, -0.2) is 9.71 Å².